The van der Waals surface area contributed by atoms with Crippen molar-refractivity contribution >= 4 is 0 Å². The van der Waals surface area contributed by atoms with E-state index in [1.54, 1.807) is 0 Å². The molecule has 2 rings (SSSR count). The Balaban J connectivity index is 0.000000364. The first-order valence-electron chi connectivity index (χ1n) is 7.50. The summed E-state index contributed by atoms with van der Waals surface area (Å²) in [5, 5.41) is 0. The van der Waals surface area contributed by atoms with Crippen LogP contribution in [0.2, 0.25) is 0 Å². The second-order valence-corrected chi connectivity index (χ2v) is 6.25. The molecule has 21 heavy (non-hydrogen) atoms. The molecule has 0 amide bonds. The zero-order valence-corrected chi connectivity index (χ0v) is 16.8. The molecule has 0 aromatic heterocycles. The van der Waals surface area contributed by atoms with Crippen LogP contribution in [0, 0.1) is 69.2 Å². The van der Waals surface area contributed by atoms with Crippen molar-refractivity contribution in [2.75, 3.05) is 0 Å². The number of hydrogen-bond donors (Lipinski definition) is 0. The van der Waals surface area contributed by atoms with Crippen LogP contribution in [0.25, 0.3) is 0 Å². The van der Waals surface area contributed by atoms with Crippen LogP contribution in [-0.4, -0.2) is 0 Å². The quantitative estimate of drug-likeness (QED) is 0.531. The summed E-state index contributed by atoms with van der Waals surface area (Å²) in [4.78, 5) is 0. The molecule has 0 aliphatic heterocycles. The summed E-state index contributed by atoms with van der Waals surface area (Å²) in [6.07, 6.45) is 0. The van der Waals surface area contributed by atoms with Crippen LogP contribution in [0.5, 0.6) is 0 Å². The third-order valence-electron chi connectivity index (χ3n) is 5.62. The summed E-state index contributed by atoms with van der Waals surface area (Å²) in [6, 6.07) is 0. The maximum Gasteiger partial charge on any atom is 0 e. The molecule has 0 aliphatic rings. The normalized spacial score (nSPS) is 10.0. The van der Waals surface area contributed by atoms with Crippen LogP contribution in [-0.2, 0) is 18.6 Å². The van der Waals surface area contributed by atoms with Gasteiger partial charge in [-0.05, 0) is 0 Å². The summed E-state index contributed by atoms with van der Waals surface area (Å²) in [6.45, 7) is 22.0. The molecule has 0 spiro atoms. The van der Waals surface area contributed by atoms with E-state index < -0.39 is 0 Å². The number of rotatable bonds is 0. The van der Waals surface area contributed by atoms with Crippen LogP contribution >= 0.6 is 0 Å². The summed E-state index contributed by atoms with van der Waals surface area (Å²) in [5.41, 5.74) is 14.7. The Labute approximate surface area is 143 Å². The van der Waals surface area contributed by atoms with Crippen LogP contribution in [0.4, 0.5) is 0 Å². The van der Waals surface area contributed by atoms with Gasteiger partial charge in [-0.1, -0.05) is 34.6 Å². The fourth-order valence-electron chi connectivity index (χ4n) is 2.81. The van der Waals surface area contributed by atoms with Gasteiger partial charge in [-0.25, -0.2) is 34.6 Å². The van der Waals surface area contributed by atoms with Crippen molar-refractivity contribution in [2.24, 2.45) is 0 Å². The maximum atomic E-state index is 2.20. The molecule has 0 N–H and O–H groups in total. The van der Waals surface area contributed by atoms with Crippen molar-refractivity contribution in [1.82, 2.24) is 0 Å². The van der Waals surface area contributed by atoms with Gasteiger partial charge in [0, 0.05) is 18.6 Å². The molecule has 0 heterocycles. The van der Waals surface area contributed by atoms with E-state index in [1.807, 2.05) is 0 Å². The van der Waals surface area contributed by atoms with E-state index in [0.29, 0.717) is 0 Å². The Morgan fingerprint density at radius 2 is 0.667 bits per heavy atom. The first-order chi connectivity index (χ1) is 9.11. The molecule has 0 saturated carbocycles. The van der Waals surface area contributed by atoms with Gasteiger partial charge in [-0.15, -0.1) is 0 Å². The minimum absolute atomic E-state index is 0. The zero-order valence-electron chi connectivity index (χ0n) is 15.4. The van der Waals surface area contributed by atoms with Crippen molar-refractivity contribution in [3.8, 4) is 0 Å². The van der Waals surface area contributed by atoms with Gasteiger partial charge in [-0.2, -0.15) is 27.8 Å². The van der Waals surface area contributed by atoms with Crippen molar-refractivity contribution in [2.45, 2.75) is 69.2 Å². The van der Waals surface area contributed by atoms with Crippen LogP contribution < -0.4 is 0 Å². The van der Waals surface area contributed by atoms with Crippen LogP contribution in [0.15, 0.2) is 0 Å². The Kier molecular flexibility index (Phi) is 7.26. The Morgan fingerprint density at radius 1 is 0.476 bits per heavy atom. The average molecular weight is 321 g/mol. The van der Waals surface area contributed by atoms with Crippen molar-refractivity contribution < 1.29 is 18.6 Å². The SMILES string of the molecule is C[c-]1[c-](C)[c-](C)[c-](C)[c-]1C.Cc1c(C)c(C)[c-](C)c1C.[V]. The summed E-state index contributed by atoms with van der Waals surface area (Å²) in [5.74, 6) is 0. The first kappa shape index (κ1) is 20.3. The molecule has 1 radical (unpaired) electrons. The standard InChI is InChI=1S/2C10H15.V/c2*1-6-7(2)9(4)10(5)8(6)3;/h2*1-5H3;/q-5;-1;. The first-order valence-corrected chi connectivity index (χ1v) is 7.50. The fraction of sp³-hybridized carbons (Fsp3) is 0.500. The molecule has 2 aromatic rings. The second kappa shape index (κ2) is 7.52. The van der Waals surface area contributed by atoms with Crippen LogP contribution in [0.1, 0.15) is 55.6 Å². The van der Waals surface area contributed by atoms with E-state index in [-0.39, 0.29) is 18.6 Å². The van der Waals surface area contributed by atoms with Gasteiger partial charge in [0.25, 0.3) is 0 Å². The molecule has 1 heteroatoms. The molecule has 0 nitrogen and oxygen atoms in total. The third-order valence-corrected chi connectivity index (χ3v) is 5.62. The maximum absolute atomic E-state index is 2.20. The van der Waals surface area contributed by atoms with E-state index in [1.165, 1.54) is 55.6 Å². The van der Waals surface area contributed by atoms with Crippen molar-refractivity contribution in [1.29, 1.82) is 0 Å². The topological polar surface area (TPSA) is 0 Å². The molecular weight excluding hydrogens is 291 g/mol. The molecule has 0 fully saturated rings. The molecule has 0 unspecified atom stereocenters. The number of hydrogen-bond acceptors (Lipinski definition) is 0. The molecule has 2 aromatic carbocycles. The van der Waals surface area contributed by atoms with Crippen LogP contribution in [0.3, 0.4) is 0 Å². The van der Waals surface area contributed by atoms with Crippen molar-refractivity contribution in [3.63, 3.8) is 0 Å². The summed E-state index contributed by atoms with van der Waals surface area (Å²) < 4.78 is 0. The van der Waals surface area contributed by atoms with Crippen molar-refractivity contribution in [3.05, 3.63) is 55.6 Å². The van der Waals surface area contributed by atoms with Gasteiger partial charge in [0.1, 0.15) is 0 Å². The minimum atomic E-state index is 0. The second-order valence-electron chi connectivity index (χ2n) is 6.25. The Bertz CT molecular complexity index is 404. The summed E-state index contributed by atoms with van der Waals surface area (Å²) in [7, 11) is 0. The van der Waals surface area contributed by atoms with Gasteiger partial charge in [0.05, 0.1) is 0 Å². The Hall–Kier alpha value is -0.716. The molecule has 0 saturated heterocycles. The molecule has 121 valence electrons. The van der Waals surface area contributed by atoms with E-state index >= 15 is 0 Å². The predicted octanol–water partition coefficient (Wildman–Crippen LogP) is 5.89. The van der Waals surface area contributed by atoms with E-state index in [4.69, 9.17) is 0 Å². The molecular formula is C20H30V-6. The Morgan fingerprint density at radius 3 is 0.762 bits per heavy atom. The summed E-state index contributed by atoms with van der Waals surface area (Å²) >= 11 is 0. The largest absolute Gasteiger partial charge is 0.731 e. The molecule has 0 bridgehead atoms. The molecule has 0 atom stereocenters. The molecule has 0 aliphatic carbocycles. The van der Waals surface area contributed by atoms with E-state index in [2.05, 4.69) is 69.2 Å². The van der Waals surface area contributed by atoms with Gasteiger partial charge in [-0.3, -0.25) is 0 Å². The van der Waals surface area contributed by atoms with E-state index in [9.17, 15) is 0 Å². The van der Waals surface area contributed by atoms with E-state index in [0.717, 1.165) is 0 Å². The minimum Gasteiger partial charge on any atom is -0.731 e. The monoisotopic (exact) mass is 321 g/mol. The third kappa shape index (κ3) is 3.73. The smallest absolute Gasteiger partial charge is 0 e. The van der Waals surface area contributed by atoms with Gasteiger partial charge in [0.2, 0.25) is 0 Å². The average Bonchev–Trinajstić information content (AvgIpc) is 2.71. The fourth-order valence-corrected chi connectivity index (χ4v) is 2.81. The predicted molar refractivity (Wildman–Crippen MR) is 91.4 cm³/mol. The zero-order chi connectivity index (χ0) is 15.8. The van der Waals surface area contributed by atoms with Gasteiger partial charge in [0.15, 0.2) is 0 Å². The van der Waals surface area contributed by atoms with Gasteiger partial charge < -0.3 is 27.8 Å². The van der Waals surface area contributed by atoms with Gasteiger partial charge >= 0.3 is 0 Å².